The summed E-state index contributed by atoms with van der Waals surface area (Å²) in [6.07, 6.45) is 0. The first-order valence-electron chi connectivity index (χ1n) is 10.5. The van der Waals surface area contributed by atoms with E-state index in [0.717, 1.165) is 16.7 Å². The average Bonchev–Trinajstić information content (AvgIpc) is 3.40. The average molecular weight is 448 g/mol. The van der Waals surface area contributed by atoms with E-state index in [4.69, 9.17) is 4.74 Å². The Morgan fingerprint density at radius 3 is 2.47 bits per heavy atom. The number of ether oxygens (including phenoxy) is 1. The number of amides is 1. The Kier molecular flexibility index (Phi) is 5.98. The maximum Gasteiger partial charge on any atom is 0.295 e. The van der Waals surface area contributed by atoms with Gasteiger partial charge in [0.15, 0.2) is 0 Å². The lowest BCUT2D eigenvalue weighted by Crippen LogP contribution is -2.32. The summed E-state index contributed by atoms with van der Waals surface area (Å²) in [5.74, 6) is -2.49. The third-order valence-corrected chi connectivity index (χ3v) is 6.64. The van der Waals surface area contributed by atoms with Crippen molar-refractivity contribution in [2.45, 2.75) is 26.8 Å². The van der Waals surface area contributed by atoms with Crippen molar-refractivity contribution in [2.24, 2.45) is 11.8 Å². The molecule has 2 unspecified atom stereocenters. The van der Waals surface area contributed by atoms with E-state index in [1.165, 1.54) is 4.90 Å². The molecule has 1 aliphatic heterocycles. The smallest absolute Gasteiger partial charge is 0.295 e. The van der Waals surface area contributed by atoms with E-state index in [1.807, 2.05) is 54.8 Å². The number of thiophene rings is 1. The molecule has 0 N–H and O–H groups in total. The molecule has 0 spiro atoms. The van der Waals surface area contributed by atoms with Gasteiger partial charge in [0, 0.05) is 17.2 Å². The maximum atomic E-state index is 13.2. The van der Waals surface area contributed by atoms with Crippen LogP contribution in [-0.4, -0.2) is 24.6 Å². The van der Waals surface area contributed by atoms with Crippen LogP contribution in [0.3, 0.4) is 0 Å². The number of anilines is 1. The molecule has 2 aromatic carbocycles. The number of carbonyl (C=O) groups is 3. The Morgan fingerprint density at radius 1 is 1.09 bits per heavy atom. The van der Waals surface area contributed by atoms with Crippen LogP contribution in [0.15, 0.2) is 59.3 Å². The Bertz CT molecular complexity index is 1180. The van der Waals surface area contributed by atoms with Crippen molar-refractivity contribution in [1.82, 2.24) is 0 Å². The Labute approximate surface area is 191 Å². The van der Waals surface area contributed by atoms with Gasteiger partial charge in [-0.05, 0) is 58.6 Å². The molecule has 5 nitrogen and oxygen atoms in total. The normalized spacial score (nSPS) is 18.5. The number of rotatable bonds is 6. The van der Waals surface area contributed by atoms with Crippen molar-refractivity contribution >= 4 is 34.5 Å². The van der Waals surface area contributed by atoms with Crippen LogP contribution < -0.4 is 9.64 Å². The lowest BCUT2D eigenvalue weighted by atomic mass is 9.84. The first-order chi connectivity index (χ1) is 15.3. The molecule has 2 heterocycles. The highest BCUT2D eigenvalue weighted by Crippen LogP contribution is 2.44. The third kappa shape index (κ3) is 3.65. The van der Waals surface area contributed by atoms with Crippen LogP contribution in [0.5, 0.6) is 5.75 Å². The zero-order valence-electron chi connectivity index (χ0n) is 18.5. The molecule has 3 aromatic rings. The predicted octanol–water partition coefficient (Wildman–Crippen LogP) is 5.23. The van der Waals surface area contributed by atoms with Gasteiger partial charge in [-0.25, -0.2) is 0 Å². The summed E-state index contributed by atoms with van der Waals surface area (Å²) in [4.78, 5) is 40.9. The van der Waals surface area contributed by atoms with E-state index in [-0.39, 0.29) is 11.7 Å². The molecular weight excluding hydrogens is 422 g/mol. The van der Waals surface area contributed by atoms with Crippen molar-refractivity contribution in [3.8, 4) is 16.9 Å². The van der Waals surface area contributed by atoms with Crippen LogP contribution >= 0.6 is 11.3 Å². The lowest BCUT2D eigenvalue weighted by molar-refractivity contribution is -0.139. The van der Waals surface area contributed by atoms with Gasteiger partial charge in [-0.15, -0.1) is 0 Å². The third-order valence-electron chi connectivity index (χ3n) is 5.96. The first kappa shape index (κ1) is 22.0. The number of benzene rings is 2. The summed E-state index contributed by atoms with van der Waals surface area (Å²) in [6, 6.07) is 14.2. The highest BCUT2D eigenvalue weighted by molar-refractivity contribution is 7.08. The molecule has 32 heavy (non-hydrogen) atoms. The van der Waals surface area contributed by atoms with Gasteiger partial charge < -0.3 is 4.74 Å². The van der Waals surface area contributed by atoms with Crippen molar-refractivity contribution in [3.05, 3.63) is 70.4 Å². The minimum Gasteiger partial charge on any atom is -0.496 e. The number of carbonyl (C=O) groups excluding carboxylic acids is 3. The van der Waals surface area contributed by atoms with E-state index < -0.39 is 23.7 Å². The molecule has 1 aliphatic rings. The monoisotopic (exact) mass is 447 g/mol. The van der Waals surface area contributed by atoms with Crippen molar-refractivity contribution in [1.29, 1.82) is 0 Å². The van der Waals surface area contributed by atoms with Crippen LogP contribution in [0.25, 0.3) is 11.1 Å². The summed E-state index contributed by atoms with van der Waals surface area (Å²) >= 11 is 1.62. The van der Waals surface area contributed by atoms with Gasteiger partial charge in [-0.2, -0.15) is 11.3 Å². The van der Waals surface area contributed by atoms with Crippen molar-refractivity contribution in [2.75, 3.05) is 12.0 Å². The Morgan fingerprint density at radius 2 is 1.84 bits per heavy atom. The number of hydrogen-bond acceptors (Lipinski definition) is 5. The van der Waals surface area contributed by atoms with E-state index in [0.29, 0.717) is 17.0 Å². The van der Waals surface area contributed by atoms with Crippen LogP contribution in [0, 0.1) is 18.8 Å². The molecule has 1 fully saturated rings. The van der Waals surface area contributed by atoms with Crippen molar-refractivity contribution in [3.63, 3.8) is 0 Å². The molecule has 0 radical (unpaired) electrons. The summed E-state index contributed by atoms with van der Waals surface area (Å²) < 4.78 is 5.53. The molecule has 1 aromatic heterocycles. The molecule has 6 heteroatoms. The second kappa shape index (κ2) is 8.71. The number of ketones is 2. The van der Waals surface area contributed by atoms with Crippen LogP contribution in [0.4, 0.5) is 5.69 Å². The molecule has 0 bridgehead atoms. The van der Waals surface area contributed by atoms with E-state index in [1.54, 1.807) is 38.4 Å². The second-order valence-electron chi connectivity index (χ2n) is 8.27. The molecule has 0 aliphatic carbocycles. The zero-order valence-corrected chi connectivity index (χ0v) is 19.3. The van der Waals surface area contributed by atoms with Crippen LogP contribution in [0.2, 0.25) is 0 Å². The fourth-order valence-electron chi connectivity index (χ4n) is 4.36. The maximum absolute atomic E-state index is 13.2. The molecule has 0 saturated carbocycles. The minimum atomic E-state index is -1.07. The zero-order chi connectivity index (χ0) is 23.0. The standard InChI is InChI=1S/C26H25NO4S/c1-15(2)24(28)22-23(20-7-5-6-8-21(20)31-4)27(26(30)25(22)29)18-9-10-19(16(3)13-18)17-11-12-32-14-17/h5-15,22-23H,1-4H3. The van der Waals surface area contributed by atoms with Gasteiger partial charge in [0.05, 0.1) is 13.2 Å². The highest BCUT2D eigenvalue weighted by Gasteiger charge is 2.53. The Balaban J connectivity index is 1.87. The molecule has 1 saturated heterocycles. The lowest BCUT2D eigenvalue weighted by Gasteiger charge is -2.29. The SMILES string of the molecule is COc1ccccc1C1C(C(=O)C(C)C)C(=O)C(=O)N1c1ccc(-c2ccsc2)c(C)c1. The van der Waals surface area contributed by atoms with Gasteiger partial charge >= 0.3 is 0 Å². The largest absolute Gasteiger partial charge is 0.496 e. The van der Waals surface area contributed by atoms with Crippen LogP contribution in [0.1, 0.15) is 31.0 Å². The second-order valence-corrected chi connectivity index (χ2v) is 9.05. The number of methoxy groups -OCH3 is 1. The number of nitrogens with zero attached hydrogens (tertiary/aromatic N) is 1. The molecule has 1 amide bonds. The van der Waals surface area contributed by atoms with Crippen LogP contribution in [-0.2, 0) is 14.4 Å². The Hall–Kier alpha value is -3.25. The van der Waals surface area contributed by atoms with E-state index >= 15 is 0 Å². The summed E-state index contributed by atoms with van der Waals surface area (Å²) in [5.41, 5.74) is 4.40. The van der Waals surface area contributed by atoms with Gasteiger partial charge in [-0.1, -0.05) is 38.1 Å². The molecule has 164 valence electrons. The fourth-order valence-corrected chi connectivity index (χ4v) is 5.02. The van der Waals surface area contributed by atoms with Crippen molar-refractivity contribution < 1.29 is 19.1 Å². The fraction of sp³-hybridized carbons (Fsp3) is 0.269. The number of aryl methyl sites for hydroxylation is 1. The van der Waals surface area contributed by atoms with E-state index in [2.05, 4.69) is 5.38 Å². The van der Waals surface area contributed by atoms with E-state index in [9.17, 15) is 14.4 Å². The van der Waals surface area contributed by atoms with Gasteiger partial charge in [0.1, 0.15) is 17.5 Å². The summed E-state index contributed by atoms with van der Waals surface area (Å²) in [5, 5.41) is 4.09. The van der Waals surface area contributed by atoms with Gasteiger partial charge in [-0.3, -0.25) is 19.3 Å². The molecular formula is C26H25NO4S. The quantitative estimate of drug-likeness (QED) is 0.383. The predicted molar refractivity (Wildman–Crippen MR) is 126 cm³/mol. The minimum absolute atomic E-state index is 0.242. The highest BCUT2D eigenvalue weighted by atomic mass is 32.1. The van der Waals surface area contributed by atoms with Gasteiger partial charge in [0.25, 0.3) is 5.91 Å². The first-order valence-corrected chi connectivity index (χ1v) is 11.5. The topological polar surface area (TPSA) is 63.7 Å². The number of Topliss-reactive ketones (excluding diaryl/α,β-unsaturated/α-hetero) is 2. The molecule has 2 atom stereocenters. The number of para-hydroxylation sites is 1. The number of hydrogen-bond donors (Lipinski definition) is 0. The molecule has 4 rings (SSSR count). The summed E-state index contributed by atoms with van der Waals surface area (Å²) in [6.45, 7) is 5.48. The summed E-state index contributed by atoms with van der Waals surface area (Å²) in [7, 11) is 1.54. The van der Waals surface area contributed by atoms with Gasteiger partial charge in [0.2, 0.25) is 5.78 Å².